The summed E-state index contributed by atoms with van der Waals surface area (Å²) in [5.74, 6) is 0. The zero-order valence-corrected chi connectivity index (χ0v) is 7.41. The van der Waals surface area contributed by atoms with Crippen molar-refractivity contribution in [3.63, 3.8) is 0 Å². The normalized spacial score (nSPS) is 9.50. The summed E-state index contributed by atoms with van der Waals surface area (Å²) in [6.07, 6.45) is 2.10. The van der Waals surface area contributed by atoms with Gasteiger partial charge in [-0.25, -0.2) is 0 Å². The van der Waals surface area contributed by atoms with Gasteiger partial charge in [-0.05, 0) is 24.4 Å². The van der Waals surface area contributed by atoms with E-state index in [0.717, 1.165) is 25.9 Å². The SMILES string of the molecule is CCCN(CCC)C(=N)Cl. The molecule has 0 saturated heterocycles. The molecule has 0 aromatic heterocycles. The van der Waals surface area contributed by atoms with Gasteiger partial charge in [-0.15, -0.1) is 0 Å². The van der Waals surface area contributed by atoms with Gasteiger partial charge in [0.1, 0.15) is 0 Å². The molecule has 0 aliphatic heterocycles. The van der Waals surface area contributed by atoms with E-state index in [2.05, 4.69) is 13.8 Å². The summed E-state index contributed by atoms with van der Waals surface area (Å²) < 4.78 is 0. The second-order valence-corrected chi connectivity index (χ2v) is 2.64. The summed E-state index contributed by atoms with van der Waals surface area (Å²) in [6.45, 7) is 5.97. The highest BCUT2D eigenvalue weighted by Crippen LogP contribution is 1.97. The summed E-state index contributed by atoms with van der Waals surface area (Å²) >= 11 is 5.51. The molecule has 0 unspecified atom stereocenters. The van der Waals surface area contributed by atoms with E-state index in [-0.39, 0.29) is 5.29 Å². The first-order valence-electron chi connectivity index (χ1n) is 3.71. The maximum Gasteiger partial charge on any atom is 0.191 e. The smallest absolute Gasteiger partial charge is 0.191 e. The zero-order valence-electron chi connectivity index (χ0n) is 6.65. The number of nitrogens with one attached hydrogen (secondary N) is 1. The van der Waals surface area contributed by atoms with Gasteiger partial charge in [0, 0.05) is 13.1 Å². The van der Waals surface area contributed by atoms with Gasteiger partial charge in [0.2, 0.25) is 0 Å². The van der Waals surface area contributed by atoms with E-state index in [9.17, 15) is 0 Å². The third-order valence-corrected chi connectivity index (χ3v) is 1.50. The lowest BCUT2D eigenvalue weighted by molar-refractivity contribution is 0.421. The number of nitrogens with zero attached hydrogens (tertiary/aromatic N) is 1. The Kier molecular flexibility index (Phi) is 5.40. The average molecular weight is 163 g/mol. The molecule has 0 rings (SSSR count). The van der Waals surface area contributed by atoms with Gasteiger partial charge in [0.25, 0.3) is 0 Å². The maximum absolute atomic E-state index is 7.15. The van der Waals surface area contributed by atoms with Crippen molar-refractivity contribution in [3.8, 4) is 0 Å². The van der Waals surface area contributed by atoms with E-state index in [0.29, 0.717) is 0 Å². The summed E-state index contributed by atoms with van der Waals surface area (Å²) in [4.78, 5) is 1.88. The van der Waals surface area contributed by atoms with Gasteiger partial charge >= 0.3 is 0 Å². The van der Waals surface area contributed by atoms with Crippen LogP contribution in [0.4, 0.5) is 0 Å². The molecule has 0 bridgehead atoms. The molecule has 2 nitrogen and oxygen atoms in total. The molecule has 0 aliphatic rings. The van der Waals surface area contributed by atoms with Gasteiger partial charge in [-0.1, -0.05) is 13.8 Å². The van der Waals surface area contributed by atoms with Crippen LogP contribution in [0.5, 0.6) is 0 Å². The molecule has 0 aliphatic carbocycles. The van der Waals surface area contributed by atoms with Gasteiger partial charge in [-0.2, -0.15) is 0 Å². The molecule has 10 heavy (non-hydrogen) atoms. The molecular formula is C7H15ClN2. The van der Waals surface area contributed by atoms with Crippen LogP contribution in [0, 0.1) is 5.41 Å². The maximum atomic E-state index is 7.15. The minimum Gasteiger partial charge on any atom is -0.347 e. The van der Waals surface area contributed by atoms with Crippen LogP contribution < -0.4 is 0 Å². The Morgan fingerprint density at radius 3 is 1.90 bits per heavy atom. The molecule has 0 spiro atoms. The molecule has 3 heteroatoms. The highest BCUT2D eigenvalue weighted by molar-refractivity contribution is 6.63. The molecule has 1 N–H and O–H groups in total. The fourth-order valence-corrected chi connectivity index (χ4v) is 1.02. The second-order valence-electron chi connectivity index (χ2n) is 2.28. The van der Waals surface area contributed by atoms with Crippen LogP contribution in [0.1, 0.15) is 26.7 Å². The van der Waals surface area contributed by atoms with Crippen molar-refractivity contribution in [2.24, 2.45) is 0 Å². The second kappa shape index (κ2) is 5.54. The molecular weight excluding hydrogens is 148 g/mol. The van der Waals surface area contributed by atoms with Gasteiger partial charge < -0.3 is 4.90 Å². The molecule has 0 aromatic rings. The highest BCUT2D eigenvalue weighted by atomic mass is 35.5. The monoisotopic (exact) mass is 162 g/mol. The van der Waals surface area contributed by atoms with Crippen LogP contribution in [-0.2, 0) is 0 Å². The number of hydrogen-bond acceptors (Lipinski definition) is 1. The summed E-state index contributed by atoms with van der Waals surface area (Å²) in [5.41, 5.74) is 0. The summed E-state index contributed by atoms with van der Waals surface area (Å²) in [6, 6.07) is 0. The average Bonchev–Trinajstić information content (AvgIpc) is 1.87. The van der Waals surface area contributed by atoms with Crippen molar-refractivity contribution in [2.45, 2.75) is 26.7 Å². The first-order valence-corrected chi connectivity index (χ1v) is 4.09. The Labute approximate surface area is 67.7 Å². The molecule has 60 valence electrons. The topological polar surface area (TPSA) is 27.1 Å². The standard InChI is InChI=1S/C7H15ClN2/c1-3-5-10(6-4-2)7(8)9/h9H,3-6H2,1-2H3. The zero-order chi connectivity index (χ0) is 7.98. The Bertz CT molecular complexity index is 97.8. The third-order valence-electron chi connectivity index (χ3n) is 1.26. The van der Waals surface area contributed by atoms with Crippen LogP contribution in [0.25, 0.3) is 0 Å². The number of amidine groups is 1. The van der Waals surface area contributed by atoms with E-state index in [4.69, 9.17) is 17.0 Å². The van der Waals surface area contributed by atoms with E-state index in [1.807, 2.05) is 4.90 Å². The fourth-order valence-electron chi connectivity index (χ4n) is 0.848. The van der Waals surface area contributed by atoms with E-state index in [1.54, 1.807) is 0 Å². The van der Waals surface area contributed by atoms with E-state index >= 15 is 0 Å². The van der Waals surface area contributed by atoms with Crippen molar-refractivity contribution in [2.75, 3.05) is 13.1 Å². The largest absolute Gasteiger partial charge is 0.347 e. The van der Waals surface area contributed by atoms with Crippen molar-refractivity contribution < 1.29 is 0 Å². The predicted molar refractivity (Wildman–Crippen MR) is 45.7 cm³/mol. The lowest BCUT2D eigenvalue weighted by Gasteiger charge is -2.19. The number of hydrogen-bond donors (Lipinski definition) is 1. The molecule has 0 heterocycles. The molecule has 0 saturated carbocycles. The van der Waals surface area contributed by atoms with Gasteiger partial charge in [0.05, 0.1) is 0 Å². The van der Waals surface area contributed by atoms with Crippen molar-refractivity contribution in [3.05, 3.63) is 0 Å². The lowest BCUT2D eigenvalue weighted by atomic mass is 10.4. The van der Waals surface area contributed by atoms with Crippen LogP contribution in [-0.4, -0.2) is 23.3 Å². The van der Waals surface area contributed by atoms with Crippen LogP contribution >= 0.6 is 11.6 Å². The van der Waals surface area contributed by atoms with Gasteiger partial charge in [0.15, 0.2) is 5.29 Å². The van der Waals surface area contributed by atoms with E-state index < -0.39 is 0 Å². The molecule has 0 atom stereocenters. The van der Waals surface area contributed by atoms with Crippen LogP contribution in [0.15, 0.2) is 0 Å². The molecule has 0 amide bonds. The minimum atomic E-state index is 0.170. The fraction of sp³-hybridized carbons (Fsp3) is 0.857. The van der Waals surface area contributed by atoms with Gasteiger partial charge in [-0.3, -0.25) is 5.41 Å². The number of halogens is 1. The number of rotatable bonds is 4. The Balaban J connectivity index is 3.61. The Morgan fingerprint density at radius 2 is 1.70 bits per heavy atom. The quantitative estimate of drug-likeness (QED) is 0.383. The summed E-state index contributed by atoms with van der Waals surface area (Å²) in [5, 5.41) is 7.32. The minimum absolute atomic E-state index is 0.170. The van der Waals surface area contributed by atoms with Crippen molar-refractivity contribution in [1.82, 2.24) is 4.90 Å². The molecule has 0 aromatic carbocycles. The third kappa shape index (κ3) is 3.72. The highest BCUT2D eigenvalue weighted by Gasteiger charge is 2.02. The molecule has 0 fully saturated rings. The van der Waals surface area contributed by atoms with Crippen molar-refractivity contribution in [1.29, 1.82) is 5.41 Å². The first-order chi connectivity index (χ1) is 4.72. The Morgan fingerprint density at radius 1 is 1.30 bits per heavy atom. The lowest BCUT2D eigenvalue weighted by Crippen LogP contribution is -2.28. The summed E-state index contributed by atoms with van der Waals surface area (Å²) in [7, 11) is 0. The van der Waals surface area contributed by atoms with E-state index in [1.165, 1.54) is 0 Å². The Hall–Kier alpha value is -0.240. The first kappa shape index (κ1) is 9.76. The predicted octanol–water partition coefficient (Wildman–Crippen LogP) is 2.28. The van der Waals surface area contributed by atoms with Crippen molar-refractivity contribution >= 4 is 16.9 Å². The van der Waals surface area contributed by atoms with Crippen LogP contribution in [0.3, 0.4) is 0 Å². The van der Waals surface area contributed by atoms with Crippen LogP contribution in [0.2, 0.25) is 0 Å². The molecule has 0 radical (unpaired) electrons.